The summed E-state index contributed by atoms with van der Waals surface area (Å²) >= 11 is 1.48. The summed E-state index contributed by atoms with van der Waals surface area (Å²) in [6, 6.07) is 10.6. The molecule has 0 atom stereocenters. The number of nitrogens with one attached hydrogen (secondary N) is 2. The highest BCUT2D eigenvalue weighted by atomic mass is 32.2. The summed E-state index contributed by atoms with van der Waals surface area (Å²) in [6.45, 7) is 4.09. The van der Waals surface area contributed by atoms with Crippen LogP contribution in [0.4, 0.5) is 10.1 Å². The van der Waals surface area contributed by atoms with Crippen molar-refractivity contribution in [2.75, 3.05) is 5.32 Å². The van der Waals surface area contributed by atoms with Gasteiger partial charge in [0.05, 0.1) is 5.56 Å². The maximum absolute atomic E-state index is 13.4. The van der Waals surface area contributed by atoms with E-state index in [1.807, 2.05) is 32.0 Å². The van der Waals surface area contributed by atoms with Crippen molar-refractivity contribution in [2.24, 2.45) is 0 Å². The van der Waals surface area contributed by atoms with Gasteiger partial charge in [0.25, 0.3) is 5.91 Å². The average Bonchev–Trinajstić information content (AvgIpc) is 2.46. The fourth-order valence-electron chi connectivity index (χ4n) is 1.58. The molecule has 0 saturated carbocycles. The number of nitrogens with zero attached hydrogens (tertiary/aromatic N) is 1. The number of hydrogen-bond donors (Lipinski definition) is 2. The van der Waals surface area contributed by atoms with Gasteiger partial charge in [-0.05, 0) is 56.1 Å². The summed E-state index contributed by atoms with van der Waals surface area (Å²) in [7, 11) is 0. The Morgan fingerprint density at radius 1 is 1.29 bits per heavy atom. The molecular formula is C15H16FN3OS. The second-order valence-electron chi connectivity index (χ2n) is 4.70. The van der Waals surface area contributed by atoms with E-state index in [0.29, 0.717) is 11.7 Å². The van der Waals surface area contributed by atoms with Crippen LogP contribution in [0.3, 0.4) is 0 Å². The molecule has 1 aromatic heterocycles. The molecule has 0 saturated heterocycles. The number of amides is 1. The molecule has 0 bridgehead atoms. The van der Waals surface area contributed by atoms with Gasteiger partial charge in [-0.15, -0.1) is 0 Å². The summed E-state index contributed by atoms with van der Waals surface area (Å²) in [4.78, 5) is 16.4. The minimum atomic E-state index is -0.776. The zero-order valence-corrected chi connectivity index (χ0v) is 12.6. The topological polar surface area (TPSA) is 54.0 Å². The minimum Gasteiger partial charge on any atom is -0.322 e. The Morgan fingerprint density at radius 2 is 2.10 bits per heavy atom. The molecule has 6 heteroatoms. The maximum atomic E-state index is 13.4. The molecule has 2 rings (SSSR count). The Labute approximate surface area is 127 Å². The lowest BCUT2D eigenvalue weighted by atomic mass is 10.2. The first-order valence-corrected chi connectivity index (χ1v) is 7.32. The quantitative estimate of drug-likeness (QED) is 0.656. The second-order valence-corrected chi connectivity index (χ2v) is 5.61. The Balaban J connectivity index is 2.07. The van der Waals surface area contributed by atoms with E-state index >= 15 is 0 Å². The Morgan fingerprint density at radius 3 is 2.81 bits per heavy atom. The number of pyridine rings is 1. The number of benzene rings is 1. The smallest absolute Gasteiger partial charge is 0.260 e. The Kier molecular flexibility index (Phi) is 5.30. The van der Waals surface area contributed by atoms with Crippen molar-refractivity contribution in [3.63, 3.8) is 0 Å². The van der Waals surface area contributed by atoms with Crippen LogP contribution in [0.25, 0.3) is 0 Å². The number of anilines is 1. The van der Waals surface area contributed by atoms with Gasteiger partial charge in [0, 0.05) is 22.8 Å². The van der Waals surface area contributed by atoms with Crippen LogP contribution in [0.2, 0.25) is 0 Å². The van der Waals surface area contributed by atoms with Crippen LogP contribution >= 0.6 is 11.9 Å². The van der Waals surface area contributed by atoms with Gasteiger partial charge in [-0.3, -0.25) is 9.52 Å². The van der Waals surface area contributed by atoms with Crippen molar-refractivity contribution < 1.29 is 9.18 Å². The van der Waals surface area contributed by atoms with Crippen LogP contribution < -0.4 is 10.0 Å². The van der Waals surface area contributed by atoms with Gasteiger partial charge >= 0.3 is 0 Å². The monoisotopic (exact) mass is 305 g/mol. The lowest BCUT2D eigenvalue weighted by Crippen LogP contribution is -2.15. The van der Waals surface area contributed by atoms with Gasteiger partial charge in [-0.2, -0.15) is 4.39 Å². The Hall–Kier alpha value is -1.92. The molecule has 0 fully saturated rings. The Bertz CT molecular complexity index is 634. The molecule has 0 aliphatic carbocycles. The first-order valence-electron chi connectivity index (χ1n) is 6.50. The lowest BCUT2D eigenvalue weighted by Gasteiger charge is -2.09. The summed E-state index contributed by atoms with van der Waals surface area (Å²) in [6.07, 6.45) is 1.31. The summed E-state index contributed by atoms with van der Waals surface area (Å²) in [5.74, 6) is -1.29. The number of rotatable bonds is 5. The highest BCUT2D eigenvalue weighted by Gasteiger charge is 2.12. The van der Waals surface area contributed by atoms with Crippen molar-refractivity contribution >= 4 is 23.5 Å². The van der Waals surface area contributed by atoms with Gasteiger partial charge in [-0.1, -0.05) is 6.07 Å². The van der Waals surface area contributed by atoms with E-state index < -0.39 is 11.9 Å². The third kappa shape index (κ3) is 4.54. The average molecular weight is 305 g/mol. The van der Waals surface area contributed by atoms with Crippen LogP contribution in [0.15, 0.2) is 47.5 Å². The van der Waals surface area contributed by atoms with Gasteiger partial charge < -0.3 is 5.32 Å². The first-order chi connectivity index (χ1) is 10.1. The molecule has 2 N–H and O–H groups in total. The van der Waals surface area contributed by atoms with E-state index in [4.69, 9.17) is 0 Å². The molecule has 4 nitrogen and oxygen atoms in total. The van der Waals surface area contributed by atoms with Crippen LogP contribution in [-0.2, 0) is 0 Å². The van der Waals surface area contributed by atoms with Crippen molar-refractivity contribution in [1.82, 2.24) is 9.71 Å². The van der Waals surface area contributed by atoms with Gasteiger partial charge in [-0.25, -0.2) is 4.98 Å². The zero-order valence-electron chi connectivity index (χ0n) is 11.8. The molecule has 21 heavy (non-hydrogen) atoms. The fourth-order valence-corrected chi connectivity index (χ4v) is 2.28. The molecule has 1 aromatic carbocycles. The van der Waals surface area contributed by atoms with E-state index in [0.717, 1.165) is 4.90 Å². The van der Waals surface area contributed by atoms with E-state index in [1.54, 1.807) is 6.07 Å². The molecular weight excluding hydrogens is 289 g/mol. The van der Waals surface area contributed by atoms with Crippen LogP contribution in [0.1, 0.15) is 24.2 Å². The largest absolute Gasteiger partial charge is 0.322 e. The van der Waals surface area contributed by atoms with Gasteiger partial charge in [0.15, 0.2) is 0 Å². The number of carbonyl (C=O) groups is 1. The molecule has 110 valence electrons. The predicted octanol–water partition coefficient (Wildman–Crippen LogP) is 3.48. The molecule has 1 heterocycles. The number of halogens is 1. The molecule has 0 radical (unpaired) electrons. The van der Waals surface area contributed by atoms with Gasteiger partial charge in [0.1, 0.15) is 0 Å². The van der Waals surface area contributed by atoms with Crippen LogP contribution in [0.5, 0.6) is 0 Å². The van der Waals surface area contributed by atoms with Crippen molar-refractivity contribution in [1.29, 1.82) is 0 Å². The van der Waals surface area contributed by atoms with Crippen molar-refractivity contribution in [3.05, 3.63) is 54.1 Å². The predicted molar refractivity (Wildman–Crippen MR) is 82.7 cm³/mol. The third-order valence-corrected chi connectivity index (χ3v) is 3.59. The van der Waals surface area contributed by atoms with Crippen LogP contribution in [-0.4, -0.2) is 16.9 Å². The lowest BCUT2D eigenvalue weighted by molar-refractivity contribution is 0.102. The maximum Gasteiger partial charge on any atom is 0.260 e. The van der Waals surface area contributed by atoms with Crippen LogP contribution in [0, 0.1) is 5.95 Å². The molecule has 0 spiro atoms. The molecule has 0 aliphatic rings. The van der Waals surface area contributed by atoms with Crippen molar-refractivity contribution in [2.45, 2.75) is 24.8 Å². The standard InChI is InChI=1S/C15H16FN3OS/c1-10(2)19-21-12-6-3-5-11(9-12)18-15(20)13-7-4-8-17-14(13)16/h3-10,19H,1-2H3,(H,18,20). The second kappa shape index (κ2) is 7.19. The normalized spacial score (nSPS) is 10.7. The zero-order chi connectivity index (χ0) is 15.2. The first kappa shape index (κ1) is 15.5. The highest BCUT2D eigenvalue weighted by molar-refractivity contribution is 7.97. The van der Waals surface area contributed by atoms with E-state index in [1.165, 1.54) is 30.3 Å². The molecule has 1 amide bonds. The summed E-state index contributed by atoms with van der Waals surface area (Å²) in [5, 5.41) is 2.67. The minimum absolute atomic E-state index is 0.0733. The van der Waals surface area contributed by atoms with E-state index in [9.17, 15) is 9.18 Å². The number of hydrogen-bond acceptors (Lipinski definition) is 4. The molecule has 0 unspecified atom stereocenters. The van der Waals surface area contributed by atoms with E-state index in [2.05, 4.69) is 15.0 Å². The summed E-state index contributed by atoms with van der Waals surface area (Å²) < 4.78 is 16.7. The SMILES string of the molecule is CC(C)NSc1cccc(NC(=O)c2cccnc2F)c1. The summed E-state index contributed by atoms with van der Waals surface area (Å²) in [5.41, 5.74) is 0.537. The van der Waals surface area contributed by atoms with Gasteiger partial charge in [0.2, 0.25) is 5.95 Å². The number of carbonyl (C=O) groups excluding carboxylic acids is 1. The third-order valence-electron chi connectivity index (χ3n) is 2.51. The molecule has 0 aliphatic heterocycles. The highest BCUT2D eigenvalue weighted by Crippen LogP contribution is 2.20. The fraction of sp³-hybridized carbons (Fsp3) is 0.200. The molecule has 2 aromatic rings. The number of aromatic nitrogens is 1. The van der Waals surface area contributed by atoms with Crippen molar-refractivity contribution in [3.8, 4) is 0 Å². The van der Waals surface area contributed by atoms with E-state index in [-0.39, 0.29) is 5.56 Å².